The lowest BCUT2D eigenvalue weighted by molar-refractivity contribution is 0.209. The number of nitrogens with zero attached hydrogens (tertiary/aromatic N) is 1. The average molecular weight is 220 g/mol. The molecule has 0 aliphatic heterocycles. The number of urea groups is 1. The fourth-order valence-electron chi connectivity index (χ4n) is 1.37. The molecule has 0 atom stereocenters. The number of nitrogens with two attached hydrogens (primary N) is 1. The van der Waals surface area contributed by atoms with Gasteiger partial charge in [0.05, 0.1) is 0 Å². The van der Waals surface area contributed by atoms with Gasteiger partial charge in [0.1, 0.15) is 5.84 Å². The zero-order chi connectivity index (χ0) is 12.1. The third kappa shape index (κ3) is 2.98. The maximum atomic E-state index is 11.3. The summed E-state index contributed by atoms with van der Waals surface area (Å²) in [5, 5.41) is 9.86. The van der Waals surface area contributed by atoms with Crippen LogP contribution in [0.4, 0.5) is 4.79 Å². The standard InChI is InChI=1S/C11H16N4O/c1-14-11(16)15(2)7-8-4-3-5-9(6-8)10(12)13/h3-6H,7H2,1-2H3,(H3,12,13)(H,14,16). The van der Waals surface area contributed by atoms with Crippen LogP contribution in [0.15, 0.2) is 24.3 Å². The Balaban J connectivity index is 2.78. The molecule has 5 nitrogen and oxygen atoms in total. The molecule has 1 aromatic rings. The van der Waals surface area contributed by atoms with Gasteiger partial charge in [-0.15, -0.1) is 0 Å². The molecule has 0 saturated carbocycles. The van der Waals surface area contributed by atoms with Gasteiger partial charge in [0, 0.05) is 26.2 Å². The van der Waals surface area contributed by atoms with E-state index >= 15 is 0 Å². The molecule has 0 spiro atoms. The highest BCUT2D eigenvalue weighted by molar-refractivity contribution is 5.95. The number of amidine groups is 1. The maximum absolute atomic E-state index is 11.3. The number of nitrogens with one attached hydrogen (secondary N) is 2. The Morgan fingerprint density at radius 1 is 1.56 bits per heavy atom. The number of rotatable bonds is 3. The molecule has 0 aromatic heterocycles. The van der Waals surface area contributed by atoms with Gasteiger partial charge in [-0.3, -0.25) is 5.41 Å². The van der Waals surface area contributed by atoms with Crippen molar-refractivity contribution in [3.8, 4) is 0 Å². The lowest BCUT2D eigenvalue weighted by atomic mass is 10.1. The summed E-state index contributed by atoms with van der Waals surface area (Å²) < 4.78 is 0. The van der Waals surface area contributed by atoms with E-state index in [1.165, 1.54) is 0 Å². The molecule has 0 aliphatic rings. The zero-order valence-electron chi connectivity index (χ0n) is 9.45. The summed E-state index contributed by atoms with van der Waals surface area (Å²) in [5.41, 5.74) is 7.00. The molecule has 2 amide bonds. The minimum Gasteiger partial charge on any atom is -0.384 e. The number of carbonyl (C=O) groups is 1. The molecule has 0 unspecified atom stereocenters. The van der Waals surface area contributed by atoms with Crippen LogP contribution in [-0.4, -0.2) is 30.9 Å². The van der Waals surface area contributed by atoms with E-state index in [0.717, 1.165) is 5.56 Å². The van der Waals surface area contributed by atoms with Crippen molar-refractivity contribution >= 4 is 11.9 Å². The van der Waals surface area contributed by atoms with E-state index in [9.17, 15) is 4.79 Å². The smallest absolute Gasteiger partial charge is 0.317 e. The highest BCUT2D eigenvalue weighted by atomic mass is 16.2. The fourth-order valence-corrected chi connectivity index (χ4v) is 1.37. The number of carbonyl (C=O) groups excluding carboxylic acids is 1. The summed E-state index contributed by atoms with van der Waals surface area (Å²) >= 11 is 0. The summed E-state index contributed by atoms with van der Waals surface area (Å²) in [4.78, 5) is 12.8. The third-order valence-electron chi connectivity index (χ3n) is 2.22. The molecular formula is C11H16N4O. The molecule has 0 radical (unpaired) electrons. The van der Waals surface area contributed by atoms with Crippen LogP contribution < -0.4 is 11.1 Å². The number of nitrogen functional groups attached to an aromatic ring is 1. The van der Waals surface area contributed by atoms with Crippen LogP contribution in [0, 0.1) is 5.41 Å². The van der Waals surface area contributed by atoms with E-state index in [2.05, 4.69) is 5.32 Å². The van der Waals surface area contributed by atoms with Crippen LogP contribution >= 0.6 is 0 Å². The first-order chi connectivity index (χ1) is 7.54. The average Bonchev–Trinajstić information content (AvgIpc) is 2.28. The second-order valence-corrected chi connectivity index (χ2v) is 3.53. The maximum Gasteiger partial charge on any atom is 0.317 e. The minimum absolute atomic E-state index is 0.0319. The SMILES string of the molecule is CNC(=O)N(C)Cc1cccc(C(=N)N)c1. The summed E-state index contributed by atoms with van der Waals surface area (Å²) in [6.45, 7) is 0.487. The van der Waals surface area contributed by atoms with Crippen molar-refractivity contribution in [3.05, 3.63) is 35.4 Å². The largest absolute Gasteiger partial charge is 0.384 e. The molecule has 0 fully saturated rings. The van der Waals surface area contributed by atoms with Crippen molar-refractivity contribution in [1.29, 1.82) is 5.41 Å². The lowest BCUT2D eigenvalue weighted by Crippen LogP contribution is -2.34. The van der Waals surface area contributed by atoms with Gasteiger partial charge in [0.2, 0.25) is 0 Å². The predicted octanol–water partition coefficient (Wildman–Crippen LogP) is 0.742. The summed E-state index contributed by atoms with van der Waals surface area (Å²) in [6.07, 6.45) is 0. The summed E-state index contributed by atoms with van der Waals surface area (Å²) in [6, 6.07) is 7.15. The lowest BCUT2D eigenvalue weighted by Gasteiger charge is -2.16. The Morgan fingerprint density at radius 2 is 2.25 bits per heavy atom. The Hall–Kier alpha value is -2.04. The summed E-state index contributed by atoms with van der Waals surface area (Å²) in [5.74, 6) is 0.0319. The second kappa shape index (κ2) is 5.16. The van der Waals surface area contributed by atoms with Crippen molar-refractivity contribution in [2.24, 2.45) is 5.73 Å². The van der Waals surface area contributed by atoms with E-state index in [0.29, 0.717) is 12.1 Å². The summed E-state index contributed by atoms with van der Waals surface area (Å²) in [7, 11) is 3.30. The minimum atomic E-state index is -0.145. The van der Waals surface area contributed by atoms with Crippen LogP contribution in [0.25, 0.3) is 0 Å². The molecule has 1 aromatic carbocycles. The van der Waals surface area contributed by atoms with Crippen LogP contribution in [0.1, 0.15) is 11.1 Å². The monoisotopic (exact) mass is 220 g/mol. The third-order valence-corrected chi connectivity index (χ3v) is 2.22. The van der Waals surface area contributed by atoms with Gasteiger partial charge in [-0.1, -0.05) is 18.2 Å². The molecule has 86 valence electrons. The molecular weight excluding hydrogens is 204 g/mol. The fraction of sp³-hybridized carbons (Fsp3) is 0.273. The normalized spacial score (nSPS) is 9.62. The highest BCUT2D eigenvalue weighted by Crippen LogP contribution is 2.07. The van der Waals surface area contributed by atoms with Crippen molar-refractivity contribution in [2.45, 2.75) is 6.54 Å². The molecule has 0 bridgehead atoms. The van der Waals surface area contributed by atoms with Crippen LogP contribution in [0.3, 0.4) is 0 Å². The molecule has 0 saturated heterocycles. The predicted molar refractivity (Wildman–Crippen MR) is 63.4 cm³/mol. The van der Waals surface area contributed by atoms with Crippen LogP contribution in [0.5, 0.6) is 0 Å². The first kappa shape index (κ1) is 12.0. The van der Waals surface area contributed by atoms with Crippen molar-refractivity contribution in [3.63, 3.8) is 0 Å². The first-order valence-electron chi connectivity index (χ1n) is 4.90. The van der Waals surface area contributed by atoms with Gasteiger partial charge in [0.15, 0.2) is 0 Å². The van der Waals surface area contributed by atoms with E-state index in [1.807, 2.05) is 18.2 Å². The van der Waals surface area contributed by atoms with Crippen LogP contribution in [-0.2, 0) is 6.54 Å². The van der Waals surface area contributed by atoms with Gasteiger partial charge in [-0.25, -0.2) is 4.79 Å². The van der Waals surface area contributed by atoms with Crippen molar-refractivity contribution in [1.82, 2.24) is 10.2 Å². The number of hydrogen-bond acceptors (Lipinski definition) is 2. The van der Waals surface area contributed by atoms with E-state index in [-0.39, 0.29) is 11.9 Å². The molecule has 16 heavy (non-hydrogen) atoms. The van der Waals surface area contributed by atoms with Gasteiger partial charge in [-0.05, 0) is 11.6 Å². The Bertz CT molecular complexity index is 403. The topological polar surface area (TPSA) is 82.2 Å². The highest BCUT2D eigenvalue weighted by Gasteiger charge is 2.07. The van der Waals surface area contributed by atoms with E-state index in [4.69, 9.17) is 11.1 Å². The number of hydrogen-bond donors (Lipinski definition) is 3. The van der Waals surface area contributed by atoms with Crippen LogP contribution in [0.2, 0.25) is 0 Å². The number of amides is 2. The Morgan fingerprint density at radius 3 is 2.81 bits per heavy atom. The molecule has 4 N–H and O–H groups in total. The Labute approximate surface area is 94.8 Å². The molecule has 0 aliphatic carbocycles. The quantitative estimate of drug-likeness (QED) is 0.518. The van der Waals surface area contributed by atoms with Gasteiger partial charge >= 0.3 is 6.03 Å². The van der Waals surface area contributed by atoms with E-state index < -0.39 is 0 Å². The van der Waals surface area contributed by atoms with E-state index in [1.54, 1.807) is 25.1 Å². The van der Waals surface area contributed by atoms with Crippen molar-refractivity contribution in [2.75, 3.05) is 14.1 Å². The van der Waals surface area contributed by atoms with Gasteiger partial charge < -0.3 is 16.0 Å². The second-order valence-electron chi connectivity index (χ2n) is 3.53. The van der Waals surface area contributed by atoms with Gasteiger partial charge in [0.25, 0.3) is 0 Å². The Kier molecular flexibility index (Phi) is 3.88. The molecule has 0 heterocycles. The zero-order valence-corrected chi connectivity index (χ0v) is 9.45. The van der Waals surface area contributed by atoms with Crippen molar-refractivity contribution < 1.29 is 4.79 Å². The van der Waals surface area contributed by atoms with Gasteiger partial charge in [-0.2, -0.15) is 0 Å². The first-order valence-corrected chi connectivity index (χ1v) is 4.90. The number of benzene rings is 1. The molecule has 1 rings (SSSR count). The molecule has 5 heteroatoms.